The maximum absolute atomic E-state index is 13.6. The zero-order chi connectivity index (χ0) is 25.9. The number of benzene rings is 2. The summed E-state index contributed by atoms with van der Waals surface area (Å²) in [5, 5.41) is 4.21. The molecule has 0 saturated carbocycles. The molecule has 0 saturated heterocycles. The Labute approximate surface area is 207 Å². The van der Waals surface area contributed by atoms with E-state index in [1.165, 1.54) is 16.9 Å². The second-order valence-corrected chi connectivity index (χ2v) is 10.3. The minimum absolute atomic E-state index is 0.0981. The molecule has 1 N–H and O–H groups in total. The number of aromatic nitrogens is 2. The number of hydrogen-bond donors (Lipinski definition) is 1. The lowest BCUT2D eigenvalue weighted by Gasteiger charge is -2.24. The summed E-state index contributed by atoms with van der Waals surface area (Å²) >= 11 is 0. The van der Waals surface area contributed by atoms with Crippen molar-refractivity contribution >= 4 is 16.0 Å². The summed E-state index contributed by atoms with van der Waals surface area (Å²) in [4.78, 5) is 11.4. The molecular formula is C25H26F3N3O4S. The lowest BCUT2D eigenvalue weighted by Crippen LogP contribution is -2.31. The minimum Gasteiger partial charge on any atom is -0.465 e. The van der Waals surface area contributed by atoms with E-state index in [0.29, 0.717) is 36.6 Å². The quantitative estimate of drug-likeness (QED) is 0.444. The van der Waals surface area contributed by atoms with Crippen molar-refractivity contribution in [2.24, 2.45) is 0 Å². The van der Waals surface area contributed by atoms with E-state index in [0.717, 1.165) is 11.6 Å². The summed E-state index contributed by atoms with van der Waals surface area (Å²) in [6.45, 7) is 1.83. The van der Waals surface area contributed by atoms with Gasteiger partial charge in [0.15, 0.2) is 0 Å². The van der Waals surface area contributed by atoms with E-state index in [-0.39, 0.29) is 25.1 Å². The van der Waals surface area contributed by atoms with Crippen molar-refractivity contribution in [1.82, 2.24) is 14.5 Å². The highest BCUT2D eigenvalue weighted by Gasteiger charge is 2.34. The highest BCUT2D eigenvalue weighted by atomic mass is 32.2. The van der Waals surface area contributed by atoms with Gasteiger partial charge in [0.1, 0.15) is 6.54 Å². The van der Waals surface area contributed by atoms with Crippen molar-refractivity contribution in [2.75, 3.05) is 6.61 Å². The van der Waals surface area contributed by atoms with Crippen LogP contribution >= 0.6 is 0 Å². The molecule has 0 aliphatic heterocycles. The van der Waals surface area contributed by atoms with Crippen molar-refractivity contribution in [3.05, 3.63) is 82.7 Å². The third kappa shape index (κ3) is 5.96. The van der Waals surface area contributed by atoms with Gasteiger partial charge in [-0.05, 0) is 61.9 Å². The largest absolute Gasteiger partial charge is 0.465 e. The van der Waals surface area contributed by atoms with Crippen LogP contribution in [0.4, 0.5) is 13.2 Å². The Balaban J connectivity index is 1.63. The van der Waals surface area contributed by atoms with Crippen LogP contribution in [-0.4, -0.2) is 30.8 Å². The van der Waals surface area contributed by atoms with Crippen LogP contribution in [0.25, 0.3) is 0 Å². The summed E-state index contributed by atoms with van der Waals surface area (Å²) < 4.78 is 76.5. The van der Waals surface area contributed by atoms with E-state index in [2.05, 4.69) is 9.82 Å². The Morgan fingerprint density at radius 1 is 1.17 bits per heavy atom. The molecule has 192 valence electrons. The van der Waals surface area contributed by atoms with Crippen molar-refractivity contribution < 1.29 is 31.1 Å². The summed E-state index contributed by atoms with van der Waals surface area (Å²) in [5.74, 6) is -0.457. The number of ether oxygens (including phenoxy) is 1. The molecule has 0 fully saturated rings. The number of esters is 1. The van der Waals surface area contributed by atoms with Crippen LogP contribution in [0.3, 0.4) is 0 Å². The topological polar surface area (TPSA) is 90.3 Å². The second-order valence-electron chi connectivity index (χ2n) is 8.60. The number of rotatable bonds is 8. The lowest BCUT2D eigenvalue weighted by molar-refractivity contribution is -0.144. The van der Waals surface area contributed by atoms with Crippen molar-refractivity contribution in [1.29, 1.82) is 0 Å². The van der Waals surface area contributed by atoms with Gasteiger partial charge in [-0.3, -0.25) is 9.48 Å². The number of sulfonamides is 1. The molecule has 4 rings (SSSR count). The third-order valence-corrected chi connectivity index (χ3v) is 7.45. The third-order valence-electron chi connectivity index (χ3n) is 6.00. The van der Waals surface area contributed by atoms with Gasteiger partial charge in [0.05, 0.1) is 29.3 Å². The fourth-order valence-corrected chi connectivity index (χ4v) is 5.72. The van der Waals surface area contributed by atoms with Crippen molar-refractivity contribution in [2.45, 2.75) is 56.3 Å². The molecule has 0 spiro atoms. The van der Waals surface area contributed by atoms with Gasteiger partial charge in [-0.15, -0.1) is 0 Å². The Kier molecular flexibility index (Phi) is 7.51. The zero-order valence-corrected chi connectivity index (χ0v) is 20.4. The molecule has 1 atom stereocenters. The fraction of sp³-hybridized carbons (Fsp3) is 0.360. The number of nitrogens with zero attached hydrogens (tertiary/aromatic N) is 2. The molecule has 7 nitrogen and oxygen atoms in total. The molecule has 0 radical (unpaired) electrons. The van der Waals surface area contributed by atoms with Crippen LogP contribution < -0.4 is 4.72 Å². The summed E-state index contributed by atoms with van der Waals surface area (Å²) in [5.41, 5.74) is 1.28. The van der Waals surface area contributed by atoms with E-state index >= 15 is 0 Å². The molecule has 0 amide bonds. The van der Waals surface area contributed by atoms with Gasteiger partial charge in [-0.25, -0.2) is 13.1 Å². The molecule has 11 heteroatoms. The van der Waals surface area contributed by atoms with Gasteiger partial charge in [0.25, 0.3) is 0 Å². The number of carbonyl (C=O) groups is 1. The van der Waals surface area contributed by atoms with Crippen molar-refractivity contribution in [3.8, 4) is 0 Å². The molecule has 36 heavy (non-hydrogen) atoms. The average Bonchev–Trinajstić information content (AvgIpc) is 3.22. The Morgan fingerprint density at radius 2 is 1.92 bits per heavy atom. The summed E-state index contributed by atoms with van der Waals surface area (Å²) in [7, 11) is -4.30. The molecule has 2 aromatic carbocycles. The minimum atomic E-state index is -4.71. The molecule has 1 heterocycles. The zero-order valence-electron chi connectivity index (χ0n) is 19.6. The van der Waals surface area contributed by atoms with Gasteiger partial charge >= 0.3 is 12.1 Å². The van der Waals surface area contributed by atoms with E-state index in [1.54, 1.807) is 37.3 Å². The van der Waals surface area contributed by atoms with E-state index in [4.69, 9.17) is 4.74 Å². The number of fused-ring (bicyclic) bond motifs is 1. The van der Waals surface area contributed by atoms with Gasteiger partial charge in [-0.1, -0.05) is 30.3 Å². The van der Waals surface area contributed by atoms with Gasteiger partial charge in [0.2, 0.25) is 10.0 Å². The number of carbonyl (C=O) groups excluding carboxylic acids is 1. The smallest absolute Gasteiger partial charge is 0.416 e. The van der Waals surface area contributed by atoms with Crippen LogP contribution in [-0.2, 0) is 45.1 Å². The Hall–Kier alpha value is -3.18. The van der Waals surface area contributed by atoms with Gasteiger partial charge in [-0.2, -0.15) is 18.3 Å². The maximum Gasteiger partial charge on any atom is 0.416 e. The Morgan fingerprint density at radius 3 is 2.61 bits per heavy atom. The highest BCUT2D eigenvalue weighted by Crippen LogP contribution is 2.34. The number of alkyl halides is 3. The predicted molar refractivity (Wildman–Crippen MR) is 126 cm³/mol. The second kappa shape index (κ2) is 10.4. The molecule has 3 aromatic rings. The molecule has 0 bridgehead atoms. The van der Waals surface area contributed by atoms with Crippen molar-refractivity contribution in [3.63, 3.8) is 0 Å². The predicted octanol–water partition coefficient (Wildman–Crippen LogP) is 4.41. The number of halogens is 3. The average molecular weight is 522 g/mol. The van der Waals surface area contributed by atoms with E-state index < -0.39 is 38.7 Å². The van der Waals surface area contributed by atoms with Crippen LogP contribution in [0.15, 0.2) is 59.6 Å². The van der Waals surface area contributed by atoms with Crippen LogP contribution in [0.1, 0.15) is 53.8 Å². The standard InChI is InChI=1S/C25H26F3N3O4S/c1-2-35-24(32)16-31-23-10-6-9-22(21(23)15-29-31)30-36(33,34)20-13-18(11-17-7-4-3-5-8-17)12-19(14-20)25(26,27)28/h3-5,7-8,12-15,22,30H,2,6,9-11,16H2,1H3. The molecular weight excluding hydrogens is 495 g/mol. The van der Waals surface area contributed by atoms with Gasteiger partial charge in [0, 0.05) is 11.3 Å². The van der Waals surface area contributed by atoms with E-state index in [9.17, 15) is 26.4 Å². The monoisotopic (exact) mass is 521 g/mol. The normalized spacial score (nSPS) is 15.9. The fourth-order valence-electron chi connectivity index (χ4n) is 4.37. The highest BCUT2D eigenvalue weighted by molar-refractivity contribution is 7.89. The van der Waals surface area contributed by atoms with Crippen LogP contribution in [0, 0.1) is 0 Å². The summed E-state index contributed by atoms with van der Waals surface area (Å²) in [6.07, 6.45) is -1.39. The van der Waals surface area contributed by atoms with Gasteiger partial charge < -0.3 is 4.74 Å². The molecule has 1 aliphatic rings. The molecule has 1 aromatic heterocycles. The number of hydrogen-bond acceptors (Lipinski definition) is 5. The first-order valence-electron chi connectivity index (χ1n) is 11.5. The Bertz CT molecular complexity index is 1340. The van der Waals surface area contributed by atoms with Crippen LogP contribution in [0.5, 0.6) is 0 Å². The molecule has 1 unspecified atom stereocenters. The first-order chi connectivity index (χ1) is 17.1. The maximum atomic E-state index is 13.6. The summed E-state index contributed by atoms with van der Waals surface area (Å²) in [6, 6.07) is 11.1. The first-order valence-corrected chi connectivity index (χ1v) is 13.0. The van der Waals surface area contributed by atoms with E-state index in [1.807, 2.05) is 0 Å². The molecule has 1 aliphatic carbocycles. The van der Waals surface area contributed by atoms with Crippen LogP contribution in [0.2, 0.25) is 0 Å². The SMILES string of the molecule is CCOC(=O)Cn1ncc2c1CCCC2NS(=O)(=O)c1cc(Cc2ccccc2)cc(C(F)(F)F)c1. The lowest BCUT2D eigenvalue weighted by atomic mass is 9.94. The number of nitrogens with one attached hydrogen (secondary N) is 1. The first kappa shape index (κ1) is 25.9.